The molecule has 0 aliphatic carbocycles. The van der Waals surface area contributed by atoms with Gasteiger partial charge in [0.05, 0.1) is 10.9 Å². The van der Waals surface area contributed by atoms with Crippen LogP contribution in [0.3, 0.4) is 0 Å². The lowest BCUT2D eigenvalue weighted by Crippen LogP contribution is -2.04. The van der Waals surface area contributed by atoms with Gasteiger partial charge in [-0.15, -0.1) is 0 Å². The monoisotopic (exact) mass is 337 g/mol. The van der Waals surface area contributed by atoms with Crippen LogP contribution in [0, 0.1) is 6.92 Å². The standard InChI is InChI=1S/C19H12ClNO3/c1-11-8-18-14(9-15(11)20)19(22)12(10-23-18)6-7-16-13-4-2-3-5-17(13)24-21-16/h2-10H,1H3/b7-6+. The summed E-state index contributed by atoms with van der Waals surface area (Å²) >= 11 is 6.11. The number of para-hydroxylation sites is 1. The Bertz CT molecular complexity index is 1150. The fourth-order valence-electron chi connectivity index (χ4n) is 2.58. The van der Waals surface area contributed by atoms with Crippen molar-refractivity contribution < 1.29 is 8.94 Å². The number of halogens is 1. The molecule has 0 aliphatic heterocycles. The molecule has 4 aromatic rings. The summed E-state index contributed by atoms with van der Waals surface area (Å²) in [5.41, 5.74) is 3.03. The molecule has 0 radical (unpaired) electrons. The number of nitrogens with zero attached hydrogens (tertiary/aromatic N) is 1. The van der Waals surface area contributed by atoms with Gasteiger partial charge in [-0.05, 0) is 48.9 Å². The van der Waals surface area contributed by atoms with E-state index in [1.807, 2.05) is 31.2 Å². The highest BCUT2D eigenvalue weighted by Crippen LogP contribution is 2.23. The summed E-state index contributed by atoms with van der Waals surface area (Å²) in [7, 11) is 0. The van der Waals surface area contributed by atoms with Gasteiger partial charge in [-0.25, -0.2) is 0 Å². The summed E-state index contributed by atoms with van der Waals surface area (Å²) in [4.78, 5) is 12.6. The van der Waals surface area contributed by atoms with Gasteiger partial charge >= 0.3 is 0 Å². The maximum atomic E-state index is 12.6. The lowest BCUT2D eigenvalue weighted by Gasteiger charge is -2.02. The van der Waals surface area contributed by atoms with Gasteiger partial charge in [0, 0.05) is 10.4 Å². The van der Waals surface area contributed by atoms with Gasteiger partial charge in [0.15, 0.2) is 11.0 Å². The molecular weight excluding hydrogens is 326 g/mol. The number of benzene rings is 2. The van der Waals surface area contributed by atoms with Crippen molar-refractivity contribution in [3.8, 4) is 0 Å². The number of hydrogen-bond acceptors (Lipinski definition) is 4. The SMILES string of the molecule is Cc1cc2occ(/C=C/c3noc4ccccc34)c(=O)c2cc1Cl. The van der Waals surface area contributed by atoms with E-state index in [9.17, 15) is 4.79 Å². The Morgan fingerprint density at radius 1 is 1.08 bits per heavy atom. The van der Waals surface area contributed by atoms with E-state index in [1.54, 1.807) is 24.3 Å². The van der Waals surface area contributed by atoms with Crippen LogP contribution in [0.25, 0.3) is 34.1 Å². The normalized spacial score (nSPS) is 11.8. The Hall–Kier alpha value is -2.85. The molecular formula is C19H12ClNO3. The lowest BCUT2D eigenvalue weighted by atomic mass is 10.1. The summed E-state index contributed by atoms with van der Waals surface area (Å²) in [5, 5.41) is 5.90. The van der Waals surface area contributed by atoms with Gasteiger partial charge in [-0.3, -0.25) is 4.79 Å². The number of hydrogen-bond donors (Lipinski definition) is 0. The first-order valence-electron chi connectivity index (χ1n) is 7.37. The predicted octanol–water partition coefficient (Wildman–Crippen LogP) is 5.07. The van der Waals surface area contributed by atoms with Crippen LogP contribution in [0.2, 0.25) is 5.02 Å². The molecule has 2 heterocycles. The van der Waals surface area contributed by atoms with Crippen LogP contribution in [0.4, 0.5) is 0 Å². The summed E-state index contributed by atoms with van der Waals surface area (Å²) in [6.45, 7) is 1.87. The molecule has 0 fully saturated rings. The van der Waals surface area contributed by atoms with Gasteiger partial charge < -0.3 is 8.94 Å². The van der Waals surface area contributed by atoms with Crippen molar-refractivity contribution in [1.82, 2.24) is 5.16 Å². The van der Waals surface area contributed by atoms with Crippen LogP contribution < -0.4 is 5.43 Å². The second-order valence-electron chi connectivity index (χ2n) is 5.52. The zero-order valence-corrected chi connectivity index (χ0v) is 13.5. The quantitative estimate of drug-likeness (QED) is 0.512. The molecule has 118 valence electrons. The fourth-order valence-corrected chi connectivity index (χ4v) is 2.74. The smallest absolute Gasteiger partial charge is 0.199 e. The molecule has 0 amide bonds. The van der Waals surface area contributed by atoms with Crippen molar-refractivity contribution in [2.45, 2.75) is 6.92 Å². The minimum absolute atomic E-state index is 0.137. The largest absolute Gasteiger partial charge is 0.463 e. The second kappa shape index (κ2) is 5.65. The van der Waals surface area contributed by atoms with Crippen molar-refractivity contribution in [2.24, 2.45) is 0 Å². The molecule has 4 rings (SSSR count). The third kappa shape index (κ3) is 2.41. The van der Waals surface area contributed by atoms with Gasteiger partial charge in [0.1, 0.15) is 17.5 Å². The Morgan fingerprint density at radius 2 is 1.92 bits per heavy atom. The third-order valence-electron chi connectivity index (χ3n) is 3.91. The average Bonchev–Trinajstić information content (AvgIpc) is 3.00. The highest BCUT2D eigenvalue weighted by molar-refractivity contribution is 6.32. The van der Waals surface area contributed by atoms with E-state index in [2.05, 4.69) is 5.16 Å². The first-order valence-corrected chi connectivity index (χ1v) is 7.75. The molecule has 0 spiro atoms. The van der Waals surface area contributed by atoms with Crippen molar-refractivity contribution >= 4 is 45.7 Å². The minimum atomic E-state index is -0.137. The maximum absolute atomic E-state index is 12.6. The van der Waals surface area contributed by atoms with Crippen molar-refractivity contribution in [2.75, 3.05) is 0 Å². The zero-order chi connectivity index (χ0) is 16.7. The van der Waals surface area contributed by atoms with Crippen molar-refractivity contribution in [1.29, 1.82) is 0 Å². The van der Waals surface area contributed by atoms with E-state index in [1.165, 1.54) is 6.26 Å². The molecule has 0 aliphatic rings. The Balaban J connectivity index is 1.81. The molecule has 0 saturated heterocycles. The van der Waals surface area contributed by atoms with E-state index < -0.39 is 0 Å². The van der Waals surface area contributed by atoms with Crippen LogP contribution in [-0.4, -0.2) is 5.16 Å². The second-order valence-corrected chi connectivity index (χ2v) is 5.92. The van der Waals surface area contributed by atoms with E-state index in [-0.39, 0.29) is 5.43 Å². The Labute approximate surface area is 141 Å². The molecule has 0 N–H and O–H groups in total. The lowest BCUT2D eigenvalue weighted by molar-refractivity contribution is 0.454. The average molecular weight is 338 g/mol. The van der Waals surface area contributed by atoms with Gasteiger partial charge in [0.25, 0.3) is 0 Å². The third-order valence-corrected chi connectivity index (χ3v) is 4.31. The highest BCUT2D eigenvalue weighted by atomic mass is 35.5. The molecule has 0 atom stereocenters. The zero-order valence-electron chi connectivity index (χ0n) is 12.7. The van der Waals surface area contributed by atoms with Gasteiger partial charge in [-0.2, -0.15) is 0 Å². The summed E-state index contributed by atoms with van der Waals surface area (Å²) < 4.78 is 10.8. The fraction of sp³-hybridized carbons (Fsp3) is 0.0526. The molecule has 4 nitrogen and oxygen atoms in total. The van der Waals surface area contributed by atoms with E-state index >= 15 is 0 Å². The topological polar surface area (TPSA) is 56.2 Å². The van der Waals surface area contributed by atoms with E-state index in [0.717, 1.165) is 10.9 Å². The maximum Gasteiger partial charge on any atom is 0.199 e. The first kappa shape index (κ1) is 14.7. The minimum Gasteiger partial charge on any atom is -0.463 e. The highest BCUT2D eigenvalue weighted by Gasteiger charge is 2.09. The molecule has 2 aromatic carbocycles. The summed E-state index contributed by atoms with van der Waals surface area (Å²) in [6.07, 6.45) is 4.85. The van der Waals surface area contributed by atoms with Crippen molar-refractivity contribution in [3.05, 3.63) is 74.7 Å². The molecule has 2 aromatic heterocycles. The van der Waals surface area contributed by atoms with Crippen LogP contribution in [-0.2, 0) is 0 Å². The molecule has 0 unspecified atom stereocenters. The Morgan fingerprint density at radius 3 is 2.79 bits per heavy atom. The molecule has 5 heteroatoms. The van der Waals surface area contributed by atoms with Crippen LogP contribution in [0.15, 0.2) is 56.4 Å². The molecule has 0 bridgehead atoms. The van der Waals surface area contributed by atoms with Crippen molar-refractivity contribution in [3.63, 3.8) is 0 Å². The first-order chi connectivity index (χ1) is 11.6. The van der Waals surface area contributed by atoms with Crippen LogP contribution in [0.5, 0.6) is 0 Å². The number of rotatable bonds is 2. The number of fused-ring (bicyclic) bond motifs is 2. The van der Waals surface area contributed by atoms with Gasteiger partial charge in [0.2, 0.25) is 0 Å². The predicted molar refractivity (Wildman–Crippen MR) is 95.2 cm³/mol. The van der Waals surface area contributed by atoms with Crippen LogP contribution >= 0.6 is 11.6 Å². The van der Waals surface area contributed by atoms with E-state index in [0.29, 0.717) is 32.8 Å². The molecule has 0 saturated carbocycles. The van der Waals surface area contributed by atoms with Crippen LogP contribution in [0.1, 0.15) is 16.8 Å². The van der Waals surface area contributed by atoms with Gasteiger partial charge in [-0.1, -0.05) is 28.9 Å². The Kier molecular flexibility index (Phi) is 3.47. The number of aromatic nitrogens is 1. The summed E-state index contributed by atoms with van der Waals surface area (Å²) in [6, 6.07) is 10.9. The molecule has 24 heavy (non-hydrogen) atoms. The van der Waals surface area contributed by atoms with E-state index in [4.69, 9.17) is 20.5 Å². The number of aryl methyl sites for hydroxylation is 1. The summed E-state index contributed by atoms with van der Waals surface area (Å²) in [5.74, 6) is 0.